The molecule has 9 nitrogen and oxygen atoms in total. The second kappa shape index (κ2) is 8.79. The number of nitriles is 1. The molecule has 2 aliphatic rings. The van der Waals surface area contributed by atoms with Gasteiger partial charge in [-0.2, -0.15) is 18.0 Å². The molecular weight excluding hydrogens is 499 g/mol. The summed E-state index contributed by atoms with van der Waals surface area (Å²) in [7, 11) is -3.97. The van der Waals surface area contributed by atoms with Crippen LogP contribution in [0.2, 0.25) is 0 Å². The number of aromatic nitrogens is 2. The van der Waals surface area contributed by atoms with Crippen molar-refractivity contribution in [3.63, 3.8) is 0 Å². The Kier molecular flexibility index (Phi) is 5.88. The molecule has 13 heteroatoms. The van der Waals surface area contributed by atoms with Crippen molar-refractivity contribution in [1.29, 1.82) is 5.26 Å². The van der Waals surface area contributed by atoms with Gasteiger partial charge in [0.1, 0.15) is 17.4 Å². The van der Waals surface area contributed by atoms with Gasteiger partial charge in [0.05, 0.1) is 29.5 Å². The molecular formula is C23H20F3N5O4S. The zero-order valence-electron chi connectivity index (χ0n) is 18.7. The van der Waals surface area contributed by atoms with E-state index >= 15 is 0 Å². The Bertz CT molecular complexity index is 1560. The average Bonchev–Trinajstić information content (AvgIpc) is 2.76. The van der Waals surface area contributed by atoms with Crippen molar-refractivity contribution in [2.24, 2.45) is 5.41 Å². The normalized spacial score (nSPS) is 17.0. The maximum absolute atomic E-state index is 14.7. The van der Waals surface area contributed by atoms with Crippen molar-refractivity contribution < 1.29 is 26.3 Å². The monoisotopic (exact) mass is 519 g/mol. The molecule has 36 heavy (non-hydrogen) atoms. The highest BCUT2D eigenvalue weighted by Crippen LogP contribution is 2.49. The van der Waals surface area contributed by atoms with Crippen molar-refractivity contribution in [3.8, 4) is 17.6 Å². The summed E-state index contributed by atoms with van der Waals surface area (Å²) < 4.78 is 75.7. The molecule has 2 aromatic carbocycles. The number of fused-ring (bicyclic) bond motifs is 1. The Labute approximate surface area is 203 Å². The summed E-state index contributed by atoms with van der Waals surface area (Å²) in [5.41, 5.74) is -1.04. The van der Waals surface area contributed by atoms with E-state index in [1.165, 1.54) is 22.5 Å². The van der Waals surface area contributed by atoms with Gasteiger partial charge in [0.25, 0.3) is 12.0 Å². The maximum atomic E-state index is 14.7. The van der Waals surface area contributed by atoms with Gasteiger partial charge in [-0.25, -0.2) is 18.2 Å². The first-order valence-corrected chi connectivity index (χ1v) is 12.5. The van der Waals surface area contributed by atoms with E-state index in [4.69, 9.17) is 4.74 Å². The minimum absolute atomic E-state index is 0.0443. The van der Waals surface area contributed by atoms with Gasteiger partial charge in [-0.05, 0) is 48.6 Å². The number of halogens is 3. The number of hydrogen-bond acceptors (Lipinski definition) is 6. The standard InChI is InChI=1S/C23H20F3N5O4S/c24-17-3-5-19(29-36(33,34)31-11-23(12-31)6-1-7-23)16(9-27)21(17)35-14-2-4-18-15(8-14)22(32)30(13-28-18)10-20(25)26/h2-5,8,13,20,29H,1,6-7,10-12H2. The van der Waals surface area contributed by atoms with E-state index in [2.05, 4.69) is 9.71 Å². The molecule has 0 amide bonds. The third-order valence-electron chi connectivity index (χ3n) is 6.59. The molecule has 1 N–H and O–H groups in total. The van der Waals surface area contributed by atoms with Crippen LogP contribution < -0.4 is 15.0 Å². The van der Waals surface area contributed by atoms with Gasteiger partial charge in [-0.3, -0.25) is 14.1 Å². The lowest BCUT2D eigenvalue weighted by Gasteiger charge is -2.54. The van der Waals surface area contributed by atoms with Gasteiger partial charge >= 0.3 is 10.2 Å². The van der Waals surface area contributed by atoms with Crippen molar-refractivity contribution in [1.82, 2.24) is 13.9 Å². The summed E-state index contributed by atoms with van der Waals surface area (Å²) in [5.74, 6) is -1.55. The van der Waals surface area contributed by atoms with E-state index in [0.717, 1.165) is 42.3 Å². The van der Waals surface area contributed by atoms with E-state index in [1.807, 2.05) is 0 Å². The first kappa shape index (κ1) is 24.1. The van der Waals surface area contributed by atoms with E-state index < -0.39 is 40.3 Å². The Morgan fingerprint density at radius 1 is 1.22 bits per heavy atom. The molecule has 188 valence electrons. The molecule has 0 radical (unpaired) electrons. The van der Waals surface area contributed by atoms with Crippen LogP contribution in [-0.2, 0) is 16.8 Å². The van der Waals surface area contributed by atoms with E-state index in [1.54, 1.807) is 6.07 Å². The Balaban J connectivity index is 1.44. The Morgan fingerprint density at radius 3 is 2.61 bits per heavy atom. The van der Waals surface area contributed by atoms with Crippen LogP contribution in [0.3, 0.4) is 0 Å². The molecule has 1 aromatic heterocycles. The summed E-state index contributed by atoms with van der Waals surface area (Å²) in [6.07, 6.45) is 1.27. The number of anilines is 1. The zero-order valence-corrected chi connectivity index (χ0v) is 19.6. The van der Waals surface area contributed by atoms with Crippen LogP contribution in [-0.4, -0.2) is 41.8 Å². The fourth-order valence-corrected chi connectivity index (χ4v) is 5.98. The number of benzene rings is 2. The van der Waals surface area contributed by atoms with Crippen molar-refractivity contribution >= 4 is 26.8 Å². The second-order valence-electron chi connectivity index (χ2n) is 9.01. The molecule has 0 bridgehead atoms. The molecule has 3 aromatic rings. The fraction of sp³-hybridized carbons (Fsp3) is 0.348. The van der Waals surface area contributed by atoms with Crippen molar-refractivity contribution in [2.45, 2.75) is 32.2 Å². The summed E-state index contributed by atoms with van der Waals surface area (Å²) >= 11 is 0. The zero-order chi connectivity index (χ0) is 25.7. The highest BCUT2D eigenvalue weighted by Gasteiger charge is 2.51. The van der Waals surface area contributed by atoms with Gasteiger partial charge in [0.2, 0.25) is 0 Å². The average molecular weight is 520 g/mol. The van der Waals surface area contributed by atoms with Gasteiger partial charge in [-0.1, -0.05) is 6.42 Å². The number of ether oxygens (including phenoxy) is 1. The number of rotatable bonds is 7. The van der Waals surface area contributed by atoms with Crippen molar-refractivity contribution in [3.05, 3.63) is 58.4 Å². The van der Waals surface area contributed by atoms with Crippen LogP contribution in [0.4, 0.5) is 18.9 Å². The van der Waals surface area contributed by atoms with Gasteiger partial charge in [0.15, 0.2) is 11.6 Å². The van der Waals surface area contributed by atoms with Crippen LogP contribution in [0.25, 0.3) is 10.9 Å². The summed E-state index contributed by atoms with van der Waals surface area (Å²) in [6, 6.07) is 7.80. The smallest absolute Gasteiger partial charge is 0.301 e. The quantitative estimate of drug-likeness (QED) is 0.510. The van der Waals surface area contributed by atoms with E-state index in [9.17, 15) is 31.6 Å². The molecule has 1 saturated heterocycles. The third-order valence-corrected chi connectivity index (χ3v) is 8.00. The Hall–Kier alpha value is -3.63. The minimum atomic E-state index is -3.97. The van der Waals surface area contributed by atoms with Crippen LogP contribution >= 0.6 is 0 Å². The second-order valence-corrected chi connectivity index (χ2v) is 10.7. The molecule has 0 unspecified atom stereocenters. The molecule has 1 saturated carbocycles. The van der Waals surface area contributed by atoms with E-state index in [-0.39, 0.29) is 33.3 Å². The van der Waals surface area contributed by atoms with Crippen LogP contribution in [0.1, 0.15) is 24.8 Å². The first-order chi connectivity index (χ1) is 17.1. The molecule has 2 heterocycles. The van der Waals surface area contributed by atoms with Gasteiger partial charge in [-0.15, -0.1) is 0 Å². The molecule has 5 rings (SSSR count). The molecule has 2 fully saturated rings. The highest BCUT2D eigenvalue weighted by atomic mass is 32.2. The summed E-state index contributed by atoms with van der Waals surface area (Å²) in [6.45, 7) is -0.0631. The topological polar surface area (TPSA) is 117 Å². The summed E-state index contributed by atoms with van der Waals surface area (Å²) in [5, 5.41) is 9.65. The lowest BCUT2D eigenvalue weighted by molar-refractivity contribution is -0.00752. The van der Waals surface area contributed by atoms with Crippen molar-refractivity contribution in [2.75, 3.05) is 17.8 Å². The molecule has 1 spiro atoms. The van der Waals surface area contributed by atoms with E-state index in [0.29, 0.717) is 13.1 Å². The third kappa shape index (κ3) is 4.27. The largest absolute Gasteiger partial charge is 0.453 e. The highest BCUT2D eigenvalue weighted by molar-refractivity contribution is 7.90. The lowest BCUT2D eigenvalue weighted by atomic mass is 9.65. The molecule has 1 aliphatic carbocycles. The van der Waals surface area contributed by atoms with Crippen LogP contribution in [0.15, 0.2) is 41.5 Å². The fourth-order valence-electron chi connectivity index (χ4n) is 4.52. The van der Waals surface area contributed by atoms with Crippen LogP contribution in [0, 0.1) is 22.6 Å². The van der Waals surface area contributed by atoms with Gasteiger partial charge < -0.3 is 4.74 Å². The SMILES string of the molecule is N#Cc1c(NS(=O)(=O)N2CC3(CCC3)C2)ccc(F)c1Oc1ccc2ncn(CC(F)F)c(=O)c2c1. The number of alkyl halides is 2. The number of nitrogens with zero attached hydrogens (tertiary/aromatic N) is 4. The van der Waals surface area contributed by atoms with Gasteiger partial charge in [0, 0.05) is 13.1 Å². The Morgan fingerprint density at radius 2 is 1.97 bits per heavy atom. The molecule has 1 aliphatic heterocycles. The number of hydrogen-bond donors (Lipinski definition) is 1. The summed E-state index contributed by atoms with van der Waals surface area (Å²) in [4.78, 5) is 16.5. The maximum Gasteiger partial charge on any atom is 0.301 e. The predicted molar refractivity (Wildman–Crippen MR) is 124 cm³/mol. The predicted octanol–water partition coefficient (Wildman–Crippen LogP) is 3.61. The minimum Gasteiger partial charge on any atom is -0.453 e. The number of nitrogens with one attached hydrogen (secondary N) is 1. The van der Waals surface area contributed by atoms with Crippen LogP contribution in [0.5, 0.6) is 11.5 Å². The lowest BCUT2D eigenvalue weighted by Crippen LogP contribution is -2.62. The first-order valence-electron chi connectivity index (χ1n) is 11.1. The molecule has 0 atom stereocenters.